The molecule has 1 aromatic carbocycles. The van der Waals surface area contributed by atoms with Gasteiger partial charge in [0.25, 0.3) is 0 Å². The Morgan fingerprint density at radius 1 is 1.13 bits per heavy atom. The largest absolute Gasteiger partial charge is 0.347 e. The van der Waals surface area contributed by atoms with E-state index in [1.54, 1.807) is 0 Å². The third-order valence-electron chi connectivity index (χ3n) is 7.94. The van der Waals surface area contributed by atoms with Crippen LogP contribution < -0.4 is 0 Å². The fourth-order valence-corrected chi connectivity index (χ4v) is 5.41. The first kappa shape index (κ1) is 23.7. The van der Waals surface area contributed by atoms with Gasteiger partial charge in [0.1, 0.15) is 6.10 Å². The normalized spacial score (nSPS) is 38.2. The van der Waals surface area contributed by atoms with Gasteiger partial charge >= 0.3 is 0 Å². The van der Waals surface area contributed by atoms with Crippen molar-refractivity contribution < 1.29 is 14.3 Å². The van der Waals surface area contributed by atoms with Crippen molar-refractivity contribution in [1.82, 2.24) is 5.06 Å². The molecule has 1 spiro atoms. The second-order valence-electron chi connectivity index (χ2n) is 9.92. The molecule has 30 heavy (non-hydrogen) atoms. The summed E-state index contributed by atoms with van der Waals surface area (Å²) < 4.78 is 13.3. The van der Waals surface area contributed by atoms with Crippen LogP contribution in [0.2, 0.25) is 0 Å². The van der Waals surface area contributed by atoms with Gasteiger partial charge in [-0.1, -0.05) is 70.9 Å². The van der Waals surface area contributed by atoms with Crippen molar-refractivity contribution in [1.29, 1.82) is 0 Å². The molecule has 0 amide bonds. The molecule has 6 atom stereocenters. The second kappa shape index (κ2) is 9.28. The van der Waals surface area contributed by atoms with Crippen molar-refractivity contribution in [2.75, 3.05) is 6.61 Å². The van der Waals surface area contributed by atoms with Gasteiger partial charge in [0.05, 0.1) is 18.2 Å². The quantitative estimate of drug-likeness (QED) is 0.473. The lowest BCUT2D eigenvalue weighted by Gasteiger charge is -2.62. The van der Waals surface area contributed by atoms with E-state index in [2.05, 4.69) is 83.9 Å². The molecule has 2 aliphatic heterocycles. The number of piperidine rings is 1. The number of hydroxylamine groups is 2. The Hall–Kier alpha value is -0.940. The highest BCUT2D eigenvalue weighted by Gasteiger charge is 2.64. The van der Waals surface area contributed by atoms with Gasteiger partial charge in [-0.15, -0.1) is 0 Å². The molecule has 4 heteroatoms. The molecule has 1 aromatic rings. The molecule has 0 bridgehead atoms. The number of hydrogen-bond acceptors (Lipinski definition) is 4. The van der Waals surface area contributed by atoms with E-state index in [0.717, 1.165) is 25.7 Å². The Balaban J connectivity index is 1.90. The van der Waals surface area contributed by atoms with E-state index in [9.17, 15) is 0 Å². The molecule has 3 rings (SSSR count). The summed E-state index contributed by atoms with van der Waals surface area (Å²) in [6, 6.07) is 10.5. The average molecular weight is 418 g/mol. The van der Waals surface area contributed by atoms with Crippen LogP contribution in [0.3, 0.4) is 0 Å². The van der Waals surface area contributed by atoms with Gasteiger partial charge in [-0.05, 0) is 45.6 Å². The second-order valence-corrected chi connectivity index (χ2v) is 9.92. The number of nitrogens with zero attached hydrogens (tertiary/aromatic N) is 1. The van der Waals surface area contributed by atoms with Crippen LogP contribution in [0, 0.1) is 5.92 Å². The Kier molecular flexibility index (Phi) is 7.33. The Bertz CT molecular complexity index is 682. The van der Waals surface area contributed by atoms with Gasteiger partial charge in [-0.2, -0.15) is 5.06 Å². The molecule has 0 aromatic heterocycles. The van der Waals surface area contributed by atoms with E-state index in [-0.39, 0.29) is 29.2 Å². The van der Waals surface area contributed by atoms with Crippen LogP contribution in [0.4, 0.5) is 0 Å². The van der Waals surface area contributed by atoms with Crippen LogP contribution in [0.25, 0.3) is 0 Å². The maximum Gasteiger partial charge on any atom is 0.175 e. The first-order valence-corrected chi connectivity index (χ1v) is 12.1. The minimum Gasteiger partial charge on any atom is -0.347 e. The van der Waals surface area contributed by atoms with Gasteiger partial charge in [-0.25, -0.2) is 0 Å². The van der Waals surface area contributed by atoms with Gasteiger partial charge in [0.2, 0.25) is 0 Å². The standard InChI is InChI=1S/C26H43NO3/c1-8-11-17-23-18-28-26(29-23)19-24(6,9-2)27(25(7,10-3)21(26)5)30-20(4)22-15-13-12-14-16-22/h12-16,20-21,23H,8-11,17-19H2,1-7H3. The number of rotatable bonds is 8. The molecule has 4 nitrogen and oxygen atoms in total. The molecular weight excluding hydrogens is 374 g/mol. The minimum absolute atomic E-state index is 0.00748. The van der Waals surface area contributed by atoms with E-state index >= 15 is 0 Å². The lowest BCUT2D eigenvalue weighted by Crippen LogP contribution is -2.71. The lowest BCUT2D eigenvalue weighted by molar-refractivity contribution is -0.380. The van der Waals surface area contributed by atoms with Crippen molar-refractivity contribution in [3.63, 3.8) is 0 Å². The zero-order valence-corrected chi connectivity index (χ0v) is 20.2. The number of hydrogen-bond donors (Lipinski definition) is 0. The molecular formula is C26H43NO3. The molecule has 6 unspecified atom stereocenters. The predicted molar refractivity (Wildman–Crippen MR) is 122 cm³/mol. The number of unbranched alkanes of at least 4 members (excludes halogenated alkanes) is 1. The third kappa shape index (κ3) is 4.21. The molecule has 2 aliphatic rings. The average Bonchev–Trinajstić information content (AvgIpc) is 3.17. The van der Waals surface area contributed by atoms with Crippen molar-refractivity contribution in [2.45, 2.75) is 116 Å². The molecule has 2 heterocycles. The first-order chi connectivity index (χ1) is 14.2. The summed E-state index contributed by atoms with van der Waals surface area (Å²) in [5.74, 6) is -0.326. The maximum atomic E-state index is 6.78. The highest BCUT2D eigenvalue weighted by atomic mass is 16.8. The smallest absolute Gasteiger partial charge is 0.175 e. The summed E-state index contributed by atoms with van der Waals surface area (Å²) >= 11 is 0. The van der Waals surface area contributed by atoms with Gasteiger partial charge in [0.15, 0.2) is 5.79 Å². The van der Waals surface area contributed by atoms with E-state index in [4.69, 9.17) is 14.3 Å². The SMILES string of the molecule is CCCCC1COC2(CC(C)(CC)N(OC(C)c3ccccc3)C(C)(CC)C2C)O1. The van der Waals surface area contributed by atoms with Crippen molar-refractivity contribution in [3.05, 3.63) is 35.9 Å². The third-order valence-corrected chi connectivity index (χ3v) is 7.94. The van der Waals surface area contributed by atoms with Gasteiger partial charge in [0, 0.05) is 17.9 Å². The van der Waals surface area contributed by atoms with Crippen molar-refractivity contribution in [3.8, 4) is 0 Å². The first-order valence-electron chi connectivity index (χ1n) is 12.1. The number of ether oxygens (including phenoxy) is 2. The number of benzene rings is 1. The zero-order chi connectivity index (χ0) is 22.0. The summed E-state index contributed by atoms with van der Waals surface area (Å²) in [5, 5.41) is 2.32. The predicted octanol–water partition coefficient (Wildman–Crippen LogP) is 6.66. The molecule has 2 saturated heterocycles. The van der Waals surface area contributed by atoms with Crippen LogP contribution in [-0.4, -0.2) is 34.6 Å². The van der Waals surface area contributed by atoms with Crippen molar-refractivity contribution in [2.24, 2.45) is 5.92 Å². The van der Waals surface area contributed by atoms with E-state index in [1.165, 1.54) is 18.4 Å². The van der Waals surface area contributed by atoms with Crippen LogP contribution in [-0.2, 0) is 14.3 Å². The molecule has 170 valence electrons. The van der Waals surface area contributed by atoms with Crippen LogP contribution >= 0.6 is 0 Å². The summed E-state index contributed by atoms with van der Waals surface area (Å²) in [6.07, 6.45) is 6.46. The molecule has 0 aliphatic carbocycles. The zero-order valence-electron chi connectivity index (χ0n) is 20.2. The maximum absolute atomic E-state index is 6.78. The highest BCUT2D eigenvalue weighted by Crippen LogP contribution is 2.55. The Labute approximate surface area is 184 Å². The summed E-state index contributed by atoms with van der Waals surface area (Å²) in [4.78, 5) is 6.78. The summed E-state index contributed by atoms with van der Waals surface area (Å²) in [6.45, 7) is 16.6. The van der Waals surface area contributed by atoms with E-state index in [0.29, 0.717) is 6.61 Å². The summed E-state index contributed by atoms with van der Waals surface area (Å²) in [5.41, 5.74) is 0.849. The van der Waals surface area contributed by atoms with Crippen LogP contribution in [0.1, 0.15) is 98.7 Å². The lowest BCUT2D eigenvalue weighted by atomic mass is 9.67. The van der Waals surface area contributed by atoms with Gasteiger partial charge in [-0.3, -0.25) is 4.84 Å². The Morgan fingerprint density at radius 2 is 1.83 bits per heavy atom. The van der Waals surface area contributed by atoms with Crippen molar-refractivity contribution >= 4 is 0 Å². The monoisotopic (exact) mass is 417 g/mol. The van der Waals surface area contributed by atoms with Crippen LogP contribution in [0.5, 0.6) is 0 Å². The van der Waals surface area contributed by atoms with E-state index < -0.39 is 5.79 Å². The van der Waals surface area contributed by atoms with E-state index in [1.807, 2.05) is 0 Å². The molecule has 2 fully saturated rings. The van der Waals surface area contributed by atoms with Crippen LogP contribution in [0.15, 0.2) is 30.3 Å². The minimum atomic E-state index is -0.524. The molecule has 0 radical (unpaired) electrons. The fourth-order valence-electron chi connectivity index (χ4n) is 5.41. The highest BCUT2D eigenvalue weighted by molar-refractivity contribution is 5.17. The fraction of sp³-hybridized carbons (Fsp3) is 0.769. The van der Waals surface area contributed by atoms with Gasteiger partial charge < -0.3 is 9.47 Å². The molecule has 0 saturated carbocycles. The topological polar surface area (TPSA) is 30.9 Å². The summed E-state index contributed by atoms with van der Waals surface area (Å²) in [7, 11) is 0. The Morgan fingerprint density at radius 3 is 2.43 bits per heavy atom. The molecule has 0 N–H and O–H groups in total.